The van der Waals surface area contributed by atoms with Crippen molar-refractivity contribution in [1.29, 1.82) is 0 Å². The number of carbonyl (C=O) groups is 1. The van der Waals surface area contributed by atoms with E-state index in [9.17, 15) is 9.59 Å². The predicted molar refractivity (Wildman–Crippen MR) is 109 cm³/mol. The molecule has 0 atom stereocenters. The zero-order valence-electron chi connectivity index (χ0n) is 14.0. The third kappa shape index (κ3) is 3.20. The van der Waals surface area contributed by atoms with Crippen LogP contribution in [0.3, 0.4) is 0 Å². The summed E-state index contributed by atoms with van der Waals surface area (Å²) < 4.78 is 7.08. The van der Waals surface area contributed by atoms with Crippen molar-refractivity contribution in [3.8, 4) is 0 Å². The number of furan rings is 1. The maximum absolute atomic E-state index is 12.8. The molecule has 0 aromatic carbocycles. The van der Waals surface area contributed by atoms with Gasteiger partial charge in [0.2, 0.25) is 0 Å². The molecule has 0 bridgehead atoms. The summed E-state index contributed by atoms with van der Waals surface area (Å²) in [6.45, 7) is 2.08. The maximum Gasteiger partial charge on any atom is 0.266 e. The molecule has 1 fully saturated rings. The molecule has 1 amide bonds. The van der Waals surface area contributed by atoms with E-state index in [2.05, 4.69) is 4.98 Å². The molecule has 3 aromatic heterocycles. The highest BCUT2D eigenvalue weighted by atomic mass is 35.5. The second-order valence-electron chi connectivity index (χ2n) is 5.85. The van der Waals surface area contributed by atoms with Crippen LogP contribution in [0.25, 0.3) is 11.7 Å². The number of pyridine rings is 1. The van der Waals surface area contributed by atoms with Crippen LogP contribution in [0.1, 0.15) is 16.9 Å². The van der Waals surface area contributed by atoms with Gasteiger partial charge in [0, 0.05) is 6.20 Å². The normalized spacial score (nSPS) is 16.1. The first kappa shape index (κ1) is 18.0. The lowest BCUT2D eigenvalue weighted by Crippen LogP contribution is -2.27. The Morgan fingerprint density at radius 1 is 1.33 bits per heavy atom. The third-order valence-electron chi connectivity index (χ3n) is 4.08. The van der Waals surface area contributed by atoms with Gasteiger partial charge >= 0.3 is 0 Å². The van der Waals surface area contributed by atoms with Crippen molar-refractivity contribution in [2.24, 2.45) is 0 Å². The van der Waals surface area contributed by atoms with E-state index in [1.54, 1.807) is 24.4 Å². The Kier molecular flexibility index (Phi) is 4.63. The number of halogens is 1. The molecule has 0 N–H and O–H groups in total. The van der Waals surface area contributed by atoms with E-state index in [1.165, 1.54) is 21.6 Å². The highest BCUT2D eigenvalue weighted by Crippen LogP contribution is 2.34. The van der Waals surface area contributed by atoms with Gasteiger partial charge in [0.05, 0.1) is 23.3 Å². The molecule has 6 nitrogen and oxygen atoms in total. The van der Waals surface area contributed by atoms with Gasteiger partial charge in [0.1, 0.15) is 20.9 Å². The number of hydrogen-bond donors (Lipinski definition) is 0. The predicted octanol–water partition coefficient (Wildman–Crippen LogP) is 3.65. The highest BCUT2D eigenvalue weighted by Gasteiger charge is 2.33. The van der Waals surface area contributed by atoms with Crippen LogP contribution < -0.4 is 5.56 Å². The fraction of sp³-hybridized carbons (Fsp3) is 0.111. The minimum absolute atomic E-state index is 0.0469. The van der Waals surface area contributed by atoms with Crippen LogP contribution in [0.15, 0.2) is 50.8 Å². The number of carbonyl (C=O) groups excluding carboxylic acids is 1. The number of thiocarbonyl (C=S) groups is 1. The van der Waals surface area contributed by atoms with Crippen molar-refractivity contribution in [2.75, 3.05) is 0 Å². The van der Waals surface area contributed by atoms with Crippen molar-refractivity contribution >= 4 is 57.5 Å². The third-order valence-corrected chi connectivity index (χ3v) is 5.75. The lowest BCUT2D eigenvalue weighted by Gasteiger charge is -2.12. The summed E-state index contributed by atoms with van der Waals surface area (Å²) >= 11 is 12.7. The van der Waals surface area contributed by atoms with E-state index in [4.69, 9.17) is 28.2 Å². The standard InChI is InChI=1S/C18H12ClN3O3S2/c1-10-4-2-6-21-15(10)20-14(19)12(16(21)23)8-13-17(24)22(18(26)27-13)9-11-5-3-7-25-11/h2-8H,9H2,1H3. The monoisotopic (exact) mass is 417 g/mol. The van der Waals surface area contributed by atoms with Crippen LogP contribution in [0, 0.1) is 6.92 Å². The quantitative estimate of drug-likeness (QED) is 0.368. The van der Waals surface area contributed by atoms with E-state index in [0.717, 1.165) is 17.3 Å². The van der Waals surface area contributed by atoms with Gasteiger partial charge in [-0.15, -0.1) is 0 Å². The minimum Gasteiger partial charge on any atom is -0.467 e. The summed E-state index contributed by atoms with van der Waals surface area (Å²) in [4.78, 5) is 31.6. The van der Waals surface area contributed by atoms with Gasteiger partial charge < -0.3 is 4.42 Å². The Morgan fingerprint density at radius 3 is 2.89 bits per heavy atom. The summed E-state index contributed by atoms with van der Waals surface area (Å²) in [7, 11) is 0. The number of rotatable bonds is 3. The molecule has 9 heteroatoms. The van der Waals surface area contributed by atoms with Gasteiger partial charge in [-0.25, -0.2) is 4.98 Å². The molecule has 0 unspecified atom stereocenters. The lowest BCUT2D eigenvalue weighted by molar-refractivity contribution is -0.122. The summed E-state index contributed by atoms with van der Waals surface area (Å²) in [5.41, 5.74) is 1.12. The average molecular weight is 418 g/mol. The molecule has 27 heavy (non-hydrogen) atoms. The Morgan fingerprint density at radius 2 is 2.15 bits per heavy atom. The first-order valence-electron chi connectivity index (χ1n) is 7.91. The van der Waals surface area contributed by atoms with Crippen molar-refractivity contribution in [1.82, 2.24) is 14.3 Å². The topological polar surface area (TPSA) is 67.8 Å². The Hall–Kier alpha value is -2.42. The smallest absolute Gasteiger partial charge is 0.266 e. The van der Waals surface area contributed by atoms with E-state index in [1.807, 2.05) is 13.0 Å². The fourth-order valence-electron chi connectivity index (χ4n) is 2.73. The number of nitrogens with zero attached hydrogens (tertiary/aromatic N) is 3. The summed E-state index contributed by atoms with van der Waals surface area (Å²) in [5.74, 6) is 0.319. The highest BCUT2D eigenvalue weighted by molar-refractivity contribution is 8.26. The van der Waals surface area contributed by atoms with Gasteiger partial charge in [0.15, 0.2) is 0 Å². The van der Waals surface area contributed by atoms with Crippen molar-refractivity contribution < 1.29 is 9.21 Å². The maximum atomic E-state index is 12.8. The largest absolute Gasteiger partial charge is 0.467 e. The number of aryl methyl sites for hydroxylation is 1. The molecule has 1 aliphatic heterocycles. The molecule has 4 heterocycles. The summed E-state index contributed by atoms with van der Waals surface area (Å²) in [5, 5.41) is 0.0469. The van der Waals surface area contributed by atoms with Gasteiger partial charge in [-0.3, -0.25) is 18.9 Å². The van der Waals surface area contributed by atoms with Gasteiger partial charge in [-0.2, -0.15) is 0 Å². The van der Waals surface area contributed by atoms with Crippen LogP contribution in [0.4, 0.5) is 0 Å². The van der Waals surface area contributed by atoms with Gasteiger partial charge in [-0.05, 0) is 36.8 Å². The molecule has 0 aliphatic carbocycles. The molecule has 4 rings (SSSR count). The van der Waals surface area contributed by atoms with Crippen LogP contribution in [0.5, 0.6) is 0 Å². The average Bonchev–Trinajstić information content (AvgIpc) is 3.24. The molecule has 3 aromatic rings. The fourth-order valence-corrected chi connectivity index (χ4v) is 4.19. The Balaban J connectivity index is 1.75. The van der Waals surface area contributed by atoms with Gasteiger partial charge in [0.25, 0.3) is 11.5 Å². The zero-order valence-corrected chi connectivity index (χ0v) is 16.4. The van der Waals surface area contributed by atoms with Crippen LogP contribution in [-0.4, -0.2) is 24.5 Å². The number of hydrogen-bond acceptors (Lipinski definition) is 6. The number of thioether (sulfide) groups is 1. The first-order chi connectivity index (χ1) is 13.0. The molecular weight excluding hydrogens is 406 g/mol. The molecular formula is C18H12ClN3O3S2. The number of amides is 1. The van der Waals surface area contributed by atoms with Crippen LogP contribution >= 0.6 is 35.6 Å². The van der Waals surface area contributed by atoms with Crippen LogP contribution in [0.2, 0.25) is 5.15 Å². The summed E-state index contributed by atoms with van der Waals surface area (Å²) in [6.07, 6.45) is 4.60. The molecule has 1 saturated heterocycles. The first-order valence-corrected chi connectivity index (χ1v) is 9.51. The molecule has 1 aliphatic rings. The van der Waals surface area contributed by atoms with Gasteiger partial charge in [-0.1, -0.05) is 41.6 Å². The Bertz CT molecular complexity index is 1170. The summed E-state index contributed by atoms with van der Waals surface area (Å²) in [6, 6.07) is 7.11. The van der Waals surface area contributed by atoms with E-state index >= 15 is 0 Å². The SMILES string of the molecule is Cc1cccn2c(=O)c(C=C3SC(=S)N(Cc4ccco4)C3=O)c(Cl)nc12. The van der Waals surface area contributed by atoms with Crippen LogP contribution in [-0.2, 0) is 11.3 Å². The minimum atomic E-state index is -0.343. The molecule has 0 spiro atoms. The zero-order chi connectivity index (χ0) is 19.1. The Labute approximate surface area is 168 Å². The molecule has 136 valence electrons. The van der Waals surface area contributed by atoms with Crippen molar-refractivity contribution in [3.05, 3.63) is 74.0 Å². The lowest BCUT2D eigenvalue weighted by atomic mass is 10.2. The number of fused-ring (bicyclic) bond motifs is 1. The molecule has 0 radical (unpaired) electrons. The second kappa shape index (κ2) is 6.95. The second-order valence-corrected chi connectivity index (χ2v) is 7.89. The van der Waals surface area contributed by atoms with E-state index < -0.39 is 0 Å². The van der Waals surface area contributed by atoms with E-state index in [-0.39, 0.29) is 28.7 Å². The van der Waals surface area contributed by atoms with Crippen molar-refractivity contribution in [3.63, 3.8) is 0 Å². The van der Waals surface area contributed by atoms with E-state index in [0.29, 0.717) is 20.6 Å². The number of aromatic nitrogens is 2. The van der Waals surface area contributed by atoms with Crippen molar-refractivity contribution in [2.45, 2.75) is 13.5 Å². The molecule has 0 saturated carbocycles.